The second kappa shape index (κ2) is 7.34. The number of nitrogens with two attached hydrogens (primary N) is 1. The van der Waals surface area contributed by atoms with Crippen LogP contribution in [0.3, 0.4) is 0 Å². The predicted molar refractivity (Wildman–Crippen MR) is 101 cm³/mol. The van der Waals surface area contributed by atoms with Crippen molar-refractivity contribution in [1.29, 1.82) is 0 Å². The summed E-state index contributed by atoms with van der Waals surface area (Å²) in [5.41, 5.74) is 9.67. The molecule has 5 heteroatoms. The molecule has 0 unspecified atom stereocenters. The summed E-state index contributed by atoms with van der Waals surface area (Å²) in [6.07, 6.45) is 1.03. The van der Waals surface area contributed by atoms with E-state index in [1.54, 1.807) is 30.3 Å². The molecule has 2 nitrogen and oxygen atoms in total. The molecule has 25 heavy (non-hydrogen) atoms. The van der Waals surface area contributed by atoms with Gasteiger partial charge in [0.15, 0.2) is 0 Å². The summed E-state index contributed by atoms with van der Waals surface area (Å²) >= 11 is 12.5. The molecule has 0 bridgehead atoms. The zero-order valence-electron chi connectivity index (χ0n) is 13.3. The number of phenolic OH excluding ortho intramolecular Hbond substituents is 1. The molecule has 0 spiro atoms. The van der Waals surface area contributed by atoms with Crippen molar-refractivity contribution in [2.45, 2.75) is 12.8 Å². The van der Waals surface area contributed by atoms with E-state index in [0.29, 0.717) is 28.6 Å². The minimum Gasteiger partial charge on any atom is -0.508 e. The highest BCUT2D eigenvalue weighted by Crippen LogP contribution is 2.31. The van der Waals surface area contributed by atoms with E-state index in [4.69, 9.17) is 28.9 Å². The van der Waals surface area contributed by atoms with Crippen LogP contribution >= 0.6 is 23.2 Å². The molecular formula is C20H16Cl2FNO. The minimum atomic E-state index is -0.283. The quantitative estimate of drug-likeness (QED) is 0.582. The molecule has 0 amide bonds. The van der Waals surface area contributed by atoms with Crippen molar-refractivity contribution in [2.24, 2.45) is 0 Å². The third-order valence-electron chi connectivity index (χ3n) is 4.00. The SMILES string of the molecule is Nc1cc(Cl)c(Cc2ccc(O)c(Cc3ccc(F)cc3)c2)c(Cl)c1. The summed E-state index contributed by atoms with van der Waals surface area (Å²) in [7, 11) is 0. The van der Waals surface area contributed by atoms with Gasteiger partial charge in [0, 0.05) is 28.6 Å². The van der Waals surface area contributed by atoms with Gasteiger partial charge in [0.05, 0.1) is 0 Å². The van der Waals surface area contributed by atoms with Gasteiger partial charge in [0.25, 0.3) is 0 Å². The Labute approximate surface area is 155 Å². The molecule has 0 radical (unpaired) electrons. The second-order valence-electron chi connectivity index (χ2n) is 5.91. The molecule has 0 aromatic heterocycles. The lowest BCUT2D eigenvalue weighted by molar-refractivity contribution is 0.469. The van der Waals surface area contributed by atoms with E-state index in [0.717, 1.165) is 22.3 Å². The van der Waals surface area contributed by atoms with Crippen LogP contribution in [0.4, 0.5) is 10.1 Å². The lowest BCUT2D eigenvalue weighted by Crippen LogP contribution is -1.96. The van der Waals surface area contributed by atoms with Crippen LogP contribution < -0.4 is 5.73 Å². The Morgan fingerprint density at radius 2 is 1.44 bits per heavy atom. The van der Waals surface area contributed by atoms with E-state index >= 15 is 0 Å². The summed E-state index contributed by atoms with van der Waals surface area (Å²) in [4.78, 5) is 0. The number of anilines is 1. The van der Waals surface area contributed by atoms with Crippen molar-refractivity contribution < 1.29 is 9.50 Å². The second-order valence-corrected chi connectivity index (χ2v) is 6.72. The fourth-order valence-corrected chi connectivity index (χ4v) is 3.35. The smallest absolute Gasteiger partial charge is 0.123 e. The molecule has 0 saturated heterocycles. The lowest BCUT2D eigenvalue weighted by atomic mass is 9.98. The number of benzene rings is 3. The number of halogens is 3. The third-order valence-corrected chi connectivity index (χ3v) is 4.67. The monoisotopic (exact) mass is 375 g/mol. The van der Waals surface area contributed by atoms with Gasteiger partial charge >= 0.3 is 0 Å². The van der Waals surface area contributed by atoms with Crippen LogP contribution in [0.2, 0.25) is 10.0 Å². The first kappa shape index (κ1) is 17.6. The van der Waals surface area contributed by atoms with Crippen LogP contribution in [0.5, 0.6) is 5.75 Å². The Hall–Kier alpha value is -2.23. The molecule has 0 saturated carbocycles. The maximum Gasteiger partial charge on any atom is 0.123 e. The first-order chi connectivity index (χ1) is 11.9. The first-order valence-corrected chi connectivity index (χ1v) is 8.46. The van der Waals surface area contributed by atoms with Gasteiger partial charge in [-0.15, -0.1) is 0 Å². The van der Waals surface area contributed by atoms with Crippen LogP contribution in [0.1, 0.15) is 22.3 Å². The van der Waals surface area contributed by atoms with Crippen LogP contribution in [-0.4, -0.2) is 5.11 Å². The first-order valence-electron chi connectivity index (χ1n) is 7.71. The number of aromatic hydroxyl groups is 1. The van der Waals surface area contributed by atoms with Gasteiger partial charge < -0.3 is 10.8 Å². The maximum absolute atomic E-state index is 13.0. The summed E-state index contributed by atoms with van der Waals surface area (Å²) in [5.74, 6) is -0.0862. The van der Waals surface area contributed by atoms with Crippen molar-refractivity contribution >= 4 is 28.9 Å². The average molecular weight is 376 g/mol. The molecule has 0 aliphatic rings. The number of rotatable bonds is 4. The van der Waals surface area contributed by atoms with Crippen molar-refractivity contribution in [3.8, 4) is 5.75 Å². The molecule has 3 N–H and O–H groups in total. The highest BCUT2D eigenvalue weighted by atomic mass is 35.5. The van der Waals surface area contributed by atoms with Crippen LogP contribution in [-0.2, 0) is 12.8 Å². The van der Waals surface area contributed by atoms with E-state index in [-0.39, 0.29) is 11.6 Å². The van der Waals surface area contributed by atoms with E-state index in [9.17, 15) is 9.50 Å². The molecule has 3 aromatic rings. The molecule has 3 aromatic carbocycles. The highest BCUT2D eigenvalue weighted by Gasteiger charge is 2.11. The van der Waals surface area contributed by atoms with Gasteiger partial charge in [0.2, 0.25) is 0 Å². The summed E-state index contributed by atoms with van der Waals surface area (Å²) in [5, 5.41) is 11.1. The van der Waals surface area contributed by atoms with E-state index < -0.39 is 0 Å². The highest BCUT2D eigenvalue weighted by molar-refractivity contribution is 6.36. The van der Waals surface area contributed by atoms with Gasteiger partial charge in [-0.2, -0.15) is 0 Å². The number of nitrogen functional groups attached to an aromatic ring is 1. The summed E-state index contributed by atoms with van der Waals surface area (Å²) in [6, 6.07) is 14.9. The van der Waals surface area contributed by atoms with E-state index in [1.807, 2.05) is 12.1 Å². The fourth-order valence-electron chi connectivity index (χ4n) is 2.71. The number of phenols is 1. The predicted octanol–water partition coefficient (Wildman–Crippen LogP) is 5.60. The van der Waals surface area contributed by atoms with Crippen LogP contribution in [0.25, 0.3) is 0 Å². The van der Waals surface area contributed by atoms with Gasteiger partial charge in [0.1, 0.15) is 11.6 Å². The molecule has 0 atom stereocenters. The Kier molecular flexibility index (Phi) is 5.16. The lowest BCUT2D eigenvalue weighted by Gasteiger charge is -2.11. The molecule has 0 aliphatic heterocycles. The van der Waals surface area contributed by atoms with Crippen LogP contribution in [0, 0.1) is 5.82 Å². The average Bonchev–Trinajstić information content (AvgIpc) is 2.56. The third kappa shape index (κ3) is 4.25. The molecule has 3 rings (SSSR count). The van der Waals surface area contributed by atoms with Gasteiger partial charge in [-0.1, -0.05) is 47.5 Å². The Morgan fingerprint density at radius 3 is 2.08 bits per heavy atom. The number of hydrogen-bond donors (Lipinski definition) is 2. The molecule has 0 fully saturated rings. The normalized spacial score (nSPS) is 10.8. The largest absolute Gasteiger partial charge is 0.508 e. The molecular weight excluding hydrogens is 360 g/mol. The maximum atomic E-state index is 13.0. The Morgan fingerprint density at radius 1 is 0.840 bits per heavy atom. The minimum absolute atomic E-state index is 0.197. The molecule has 0 heterocycles. The fraction of sp³-hybridized carbons (Fsp3) is 0.100. The summed E-state index contributed by atoms with van der Waals surface area (Å²) < 4.78 is 13.0. The summed E-state index contributed by atoms with van der Waals surface area (Å²) in [6.45, 7) is 0. The van der Waals surface area contributed by atoms with Gasteiger partial charge in [-0.25, -0.2) is 4.39 Å². The van der Waals surface area contributed by atoms with Crippen molar-refractivity contribution in [1.82, 2.24) is 0 Å². The van der Waals surface area contributed by atoms with Crippen molar-refractivity contribution in [3.63, 3.8) is 0 Å². The Bertz CT molecular complexity index is 887. The zero-order valence-corrected chi connectivity index (χ0v) is 14.8. The number of hydrogen-bond acceptors (Lipinski definition) is 2. The Balaban J connectivity index is 1.88. The van der Waals surface area contributed by atoms with Gasteiger partial charge in [-0.3, -0.25) is 0 Å². The topological polar surface area (TPSA) is 46.2 Å². The molecule has 128 valence electrons. The van der Waals surface area contributed by atoms with Crippen molar-refractivity contribution in [3.05, 3.63) is 92.7 Å². The van der Waals surface area contributed by atoms with E-state index in [1.165, 1.54) is 12.1 Å². The zero-order chi connectivity index (χ0) is 18.0. The standard InChI is InChI=1S/C20H16Cl2FNO/c21-18-10-16(24)11-19(22)17(18)9-13-3-6-20(25)14(8-13)7-12-1-4-15(23)5-2-12/h1-6,8,10-11,25H,7,9,24H2. The van der Waals surface area contributed by atoms with Gasteiger partial charge in [-0.05, 0) is 52.6 Å². The van der Waals surface area contributed by atoms with Crippen molar-refractivity contribution in [2.75, 3.05) is 5.73 Å². The van der Waals surface area contributed by atoms with E-state index in [2.05, 4.69) is 0 Å². The molecule has 0 aliphatic carbocycles. The van der Waals surface area contributed by atoms with Crippen LogP contribution in [0.15, 0.2) is 54.6 Å².